The summed E-state index contributed by atoms with van der Waals surface area (Å²) in [4.78, 5) is 0. The maximum absolute atomic E-state index is 7.54. The molecule has 12 atom stereocenters. The van der Waals surface area contributed by atoms with Gasteiger partial charge in [0.1, 0.15) is 0 Å². The van der Waals surface area contributed by atoms with E-state index in [-0.39, 0.29) is 17.1 Å². The highest BCUT2D eigenvalue weighted by Gasteiger charge is 2.67. The van der Waals surface area contributed by atoms with Gasteiger partial charge in [-0.25, -0.2) is 0 Å². The molecule has 0 aromatic heterocycles. The number of hydrogen-bond donors (Lipinski definition) is 0. The van der Waals surface area contributed by atoms with E-state index >= 15 is 0 Å². The van der Waals surface area contributed by atoms with Gasteiger partial charge < -0.3 is 22.1 Å². The zero-order valence-electron chi connectivity index (χ0n) is 38.2. The molecule has 0 spiro atoms. The fraction of sp³-hybridized carbons (Fsp3) is 1.00. The zero-order valence-corrected chi connectivity index (χ0v) is 43.2. The number of fused-ring (bicyclic) bond motifs is 5. The van der Waals surface area contributed by atoms with E-state index in [1.165, 1.54) is 44.9 Å². The van der Waals surface area contributed by atoms with E-state index < -0.39 is 41.6 Å². The molecule has 0 bridgehead atoms. The highest BCUT2D eigenvalue weighted by Crippen LogP contribution is 2.70. The van der Waals surface area contributed by atoms with Crippen LogP contribution in [0.15, 0.2) is 0 Å². The normalized spacial score (nSPS) is 37.6. The van der Waals surface area contributed by atoms with E-state index in [1.807, 2.05) is 0 Å². The summed E-state index contributed by atoms with van der Waals surface area (Å²) in [6, 6.07) is 0. The molecule has 0 heterocycles. The third kappa shape index (κ3) is 11.5. The fourth-order valence-corrected chi connectivity index (χ4v) is 19.0. The molecule has 5 nitrogen and oxygen atoms in total. The lowest BCUT2D eigenvalue weighted by atomic mass is 9.43. The number of hydrogen-bond acceptors (Lipinski definition) is 5. The van der Waals surface area contributed by atoms with Crippen molar-refractivity contribution >= 4 is 41.6 Å². The molecular formula is C42H88O5Si5. The Morgan fingerprint density at radius 3 is 1.75 bits per heavy atom. The SMILES string of the molecule is C[C@H](CC(CC(C)(C)O[Si](C)(C)C)O[Si](C)(C)C)[C@H]1CC[C@H]2[C@@H]3[C@H](O[Si](C)(C)C)C[C@@H]4C[C@H](O[Si](C)(C)C)CC[C@]4(C)[C@H]3C[C@H](O[Si](C)(C)C)[C@]12C. The van der Waals surface area contributed by atoms with Crippen molar-refractivity contribution in [2.75, 3.05) is 0 Å². The van der Waals surface area contributed by atoms with E-state index in [0.717, 1.165) is 12.8 Å². The van der Waals surface area contributed by atoms with Crippen LogP contribution in [-0.4, -0.2) is 71.6 Å². The Bertz CT molecular complexity index is 1200. The first-order valence-electron chi connectivity index (χ1n) is 21.6. The number of rotatable bonds is 15. The molecular weight excluding hydrogens is 725 g/mol. The smallest absolute Gasteiger partial charge is 0.184 e. The van der Waals surface area contributed by atoms with Crippen LogP contribution in [0, 0.1) is 46.3 Å². The van der Waals surface area contributed by atoms with Crippen molar-refractivity contribution in [3.8, 4) is 0 Å². The first kappa shape index (κ1) is 45.6. The van der Waals surface area contributed by atoms with Gasteiger partial charge in [-0.2, -0.15) is 0 Å². The first-order chi connectivity index (χ1) is 23.2. The summed E-state index contributed by atoms with van der Waals surface area (Å²) in [5.41, 5.74) is 0.275. The summed E-state index contributed by atoms with van der Waals surface area (Å²) in [5.74, 6) is 3.74. The summed E-state index contributed by atoms with van der Waals surface area (Å²) in [5, 5.41) is 0. The minimum atomic E-state index is -1.82. The van der Waals surface area contributed by atoms with Crippen LogP contribution in [0.3, 0.4) is 0 Å². The van der Waals surface area contributed by atoms with Gasteiger partial charge in [-0.1, -0.05) is 20.8 Å². The van der Waals surface area contributed by atoms with E-state index in [9.17, 15) is 0 Å². The molecule has 0 amide bonds. The Labute approximate surface area is 329 Å². The van der Waals surface area contributed by atoms with Gasteiger partial charge in [0.25, 0.3) is 0 Å². The predicted molar refractivity (Wildman–Crippen MR) is 236 cm³/mol. The second kappa shape index (κ2) is 15.6. The van der Waals surface area contributed by atoms with Gasteiger partial charge in [0.2, 0.25) is 0 Å². The molecule has 4 fully saturated rings. The molecule has 0 N–H and O–H groups in total. The topological polar surface area (TPSA) is 46.2 Å². The molecule has 1 unspecified atom stereocenters. The molecule has 4 saturated carbocycles. The lowest BCUT2D eigenvalue weighted by Crippen LogP contribution is -2.64. The third-order valence-corrected chi connectivity index (χ3v) is 18.7. The van der Waals surface area contributed by atoms with Gasteiger partial charge >= 0.3 is 0 Å². The molecule has 0 aromatic rings. The van der Waals surface area contributed by atoms with Crippen molar-refractivity contribution in [3.63, 3.8) is 0 Å². The molecule has 0 radical (unpaired) electrons. The summed E-state index contributed by atoms with van der Waals surface area (Å²) < 4.78 is 35.7. The van der Waals surface area contributed by atoms with Crippen LogP contribution in [0.2, 0.25) is 98.2 Å². The van der Waals surface area contributed by atoms with Crippen molar-refractivity contribution in [3.05, 3.63) is 0 Å². The summed E-state index contributed by atoms with van der Waals surface area (Å²) in [6.07, 6.45) is 12.1. The Balaban J connectivity index is 1.72. The Hall–Kier alpha value is 0.884. The Morgan fingerprint density at radius 1 is 0.654 bits per heavy atom. The lowest BCUT2D eigenvalue weighted by molar-refractivity contribution is -0.199. The summed E-state index contributed by atoms with van der Waals surface area (Å²) in [7, 11) is -8.66. The minimum absolute atomic E-state index is 0.136. The predicted octanol–water partition coefficient (Wildman–Crippen LogP) is 12.8. The van der Waals surface area contributed by atoms with Crippen LogP contribution >= 0.6 is 0 Å². The van der Waals surface area contributed by atoms with Crippen molar-refractivity contribution < 1.29 is 22.1 Å². The quantitative estimate of drug-likeness (QED) is 0.154. The molecule has 10 heteroatoms. The molecule has 0 aromatic carbocycles. The molecule has 0 saturated heterocycles. The third-order valence-electron chi connectivity index (χ3n) is 13.4. The van der Waals surface area contributed by atoms with Gasteiger partial charge in [-0.15, -0.1) is 0 Å². The molecule has 4 rings (SSSR count). The molecule has 52 heavy (non-hydrogen) atoms. The van der Waals surface area contributed by atoms with Crippen LogP contribution in [0.1, 0.15) is 92.4 Å². The van der Waals surface area contributed by atoms with Gasteiger partial charge in [-0.3, -0.25) is 0 Å². The summed E-state index contributed by atoms with van der Waals surface area (Å²) in [6.45, 7) is 48.4. The molecule has 0 aliphatic heterocycles. The maximum atomic E-state index is 7.54. The van der Waals surface area contributed by atoms with Gasteiger partial charge in [0, 0.05) is 18.3 Å². The van der Waals surface area contributed by atoms with E-state index in [1.54, 1.807) is 0 Å². The van der Waals surface area contributed by atoms with Crippen molar-refractivity contribution in [2.45, 2.75) is 221 Å². The molecule has 4 aliphatic carbocycles. The van der Waals surface area contributed by atoms with E-state index in [0.29, 0.717) is 59.2 Å². The van der Waals surface area contributed by atoms with Gasteiger partial charge in [0.15, 0.2) is 41.6 Å². The van der Waals surface area contributed by atoms with Crippen molar-refractivity contribution in [1.29, 1.82) is 0 Å². The van der Waals surface area contributed by atoms with Crippen LogP contribution in [0.25, 0.3) is 0 Å². The highest BCUT2D eigenvalue weighted by atomic mass is 28.4. The average molecular weight is 814 g/mol. The maximum Gasteiger partial charge on any atom is 0.184 e. The van der Waals surface area contributed by atoms with Gasteiger partial charge in [0.05, 0.1) is 11.7 Å². The van der Waals surface area contributed by atoms with Crippen LogP contribution < -0.4 is 0 Å². The summed E-state index contributed by atoms with van der Waals surface area (Å²) >= 11 is 0. The molecule has 306 valence electrons. The molecule has 4 aliphatic rings. The van der Waals surface area contributed by atoms with Crippen LogP contribution in [0.5, 0.6) is 0 Å². The lowest BCUT2D eigenvalue weighted by Gasteiger charge is -2.66. The second-order valence-corrected chi connectivity index (χ2v) is 46.6. The second-order valence-electron chi connectivity index (χ2n) is 24.4. The average Bonchev–Trinajstić information content (AvgIpc) is 3.23. The Morgan fingerprint density at radius 2 is 1.23 bits per heavy atom. The van der Waals surface area contributed by atoms with E-state index in [2.05, 4.69) is 133 Å². The van der Waals surface area contributed by atoms with Crippen molar-refractivity contribution in [1.82, 2.24) is 0 Å². The standard InChI is InChI=1S/C42H88O5Si5/c1-30(25-33(44-49(9,10)11)29-40(2,3)47-52(18,19)20)34-21-22-35-39-36(28-38(42(34,35)5)46-51(15,16)17)41(4)24-23-32(43-48(6,7)8)26-31(41)27-37(39)45-50(12,13)14/h30-39H,21-29H2,1-20H3/t30-,31+,32-,33?,34-,35+,36+,37-,38+,39+,41+,42-/m1/s1. The van der Waals surface area contributed by atoms with E-state index in [4.69, 9.17) is 22.1 Å². The van der Waals surface area contributed by atoms with Crippen molar-refractivity contribution in [2.24, 2.45) is 46.3 Å². The Kier molecular flexibility index (Phi) is 13.7. The highest BCUT2D eigenvalue weighted by molar-refractivity contribution is 6.71. The first-order valence-corrected chi connectivity index (χ1v) is 38.7. The van der Waals surface area contributed by atoms with Crippen LogP contribution in [0.4, 0.5) is 0 Å². The minimum Gasteiger partial charge on any atom is -0.415 e. The monoisotopic (exact) mass is 813 g/mol. The van der Waals surface area contributed by atoms with Gasteiger partial charge in [-0.05, 0) is 216 Å². The fourth-order valence-electron chi connectivity index (χ4n) is 12.5. The van der Waals surface area contributed by atoms with Crippen LogP contribution in [-0.2, 0) is 22.1 Å². The largest absolute Gasteiger partial charge is 0.415 e. The zero-order chi connectivity index (χ0) is 39.7.